The average molecular weight is 385 g/mol. The second-order valence-corrected chi connectivity index (χ2v) is 7.01. The first-order valence-corrected chi connectivity index (χ1v) is 10.3. The van der Waals surface area contributed by atoms with Crippen LogP contribution in [0.5, 0.6) is 5.75 Å². The number of aryl methyl sites for hydroxylation is 1. The van der Waals surface area contributed by atoms with Gasteiger partial charge in [-0.2, -0.15) is 0 Å². The van der Waals surface area contributed by atoms with E-state index in [9.17, 15) is 0 Å². The maximum atomic E-state index is 5.47. The maximum absolute atomic E-state index is 5.47. The summed E-state index contributed by atoms with van der Waals surface area (Å²) in [4.78, 5) is 0. The molecule has 0 unspecified atom stereocenters. The van der Waals surface area contributed by atoms with Crippen LogP contribution in [0.25, 0.3) is 12.2 Å². The quantitative estimate of drug-likeness (QED) is 0.379. The topological polar surface area (TPSA) is 9.23 Å². The predicted octanol–water partition coefficient (Wildman–Crippen LogP) is 7.82. The van der Waals surface area contributed by atoms with Crippen LogP contribution < -0.4 is 4.74 Å². The molecule has 2 rings (SSSR count). The molecule has 0 saturated carbocycles. The van der Waals surface area contributed by atoms with Gasteiger partial charge in [-0.3, -0.25) is 0 Å². The Hall–Kier alpha value is -3.06. The van der Waals surface area contributed by atoms with Crippen LogP contribution in [0.15, 0.2) is 96.6 Å². The average Bonchev–Trinajstić information content (AvgIpc) is 2.73. The Morgan fingerprint density at radius 2 is 1.48 bits per heavy atom. The van der Waals surface area contributed by atoms with E-state index in [0.29, 0.717) is 6.61 Å². The molecule has 0 N–H and O–H groups in total. The van der Waals surface area contributed by atoms with Crippen molar-refractivity contribution in [1.29, 1.82) is 0 Å². The number of benzene rings is 2. The molecule has 1 nitrogen and oxygen atoms in total. The van der Waals surface area contributed by atoms with Gasteiger partial charge in [0, 0.05) is 0 Å². The number of allylic oxidation sites excluding steroid dienone is 7. The van der Waals surface area contributed by atoms with Crippen molar-refractivity contribution >= 4 is 12.2 Å². The van der Waals surface area contributed by atoms with Gasteiger partial charge in [-0.05, 0) is 54.7 Å². The summed E-state index contributed by atoms with van der Waals surface area (Å²) < 4.78 is 5.47. The number of hydrogen-bond acceptors (Lipinski definition) is 1. The normalized spacial score (nSPS) is 12.3. The van der Waals surface area contributed by atoms with Gasteiger partial charge in [-0.25, -0.2) is 0 Å². The molecule has 0 aliphatic heterocycles. The minimum Gasteiger partial charge on any atom is -0.494 e. The largest absolute Gasteiger partial charge is 0.494 e. The fourth-order valence-corrected chi connectivity index (χ4v) is 2.79. The molecule has 0 spiro atoms. The molecule has 29 heavy (non-hydrogen) atoms. The highest BCUT2D eigenvalue weighted by molar-refractivity contribution is 5.56. The van der Waals surface area contributed by atoms with E-state index in [0.717, 1.165) is 23.3 Å². The van der Waals surface area contributed by atoms with Crippen LogP contribution in [0, 0.1) is 0 Å². The summed E-state index contributed by atoms with van der Waals surface area (Å²) in [7, 11) is 0. The van der Waals surface area contributed by atoms with Crippen molar-refractivity contribution in [1.82, 2.24) is 0 Å². The van der Waals surface area contributed by atoms with Gasteiger partial charge in [0.2, 0.25) is 0 Å². The second-order valence-electron chi connectivity index (χ2n) is 7.01. The molecule has 0 aliphatic rings. The van der Waals surface area contributed by atoms with Gasteiger partial charge in [0.1, 0.15) is 5.75 Å². The van der Waals surface area contributed by atoms with Gasteiger partial charge in [0.25, 0.3) is 0 Å². The first-order valence-electron chi connectivity index (χ1n) is 10.3. The third-order valence-electron chi connectivity index (χ3n) is 4.41. The maximum Gasteiger partial charge on any atom is 0.119 e. The summed E-state index contributed by atoms with van der Waals surface area (Å²) in [5, 5.41) is 0. The lowest BCUT2D eigenvalue weighted by molar-refractivity contribution is 0.340. The molecule has 0 heterocycles. The van der Waals surface area contributed by atoms with E-state index in [1.54, 1.807) is 0 Å². The molecule has 1 heteroatoms. The van der Waals surface area contributed by atoms with E-state index in [1.807, 2.05) is 37.3 Å². The van der Waals surface area contributed by atoms with Crippen molar-refractivity contribution < 1.29 is 4.74 Å². The molecule has 0 amide bonds. The minimum absolute atomic E-state index is 0.690. The van der Waals surface area contributed by atoms with E-state index < -0.39 is 0 Å². The Balaban J connectivity index is 1.86. The lowest BCUT2D eigenvalue weighted by atomic mass is 10.1. The minimum atomic E-state index is 0.690. The Kier molecular flexibility index (Phi) is 9.51. The van der Waals surface area contributed by atoms with Crippen LogP contribution in [-0.4, -0.2) is 6.61 Å². The SMILES string of the molecule is C=C(\C=C/C=C(C)/C=C/c1ccc(OCC)cc1)/C=C/c1ccc(CCC)cc1. The molecule has 2 aromatic carbocycles. The fourth-order valence-electron chi connectivity index (χ4n) is 2.79. The Bertz CT molecular complexity index is 875. The Morgan fingerprint density at radius 1 is 0.862 bits per heavy atom. The molecule has 150 valence electrons. The highest BCUT2D eigenvalue weighted by Gasteiger charge is 1.92. The van der Waals surface area contributed by atoms with Crippen LogP contribution >= 0.6 is 0 Å². The van der Waals surface area contributed by atoms with Crippen molar-refractivity contribution in [3.05, 3.63) is 113 Å². The molecule has 0 fully saturated rings. The summed E-state index contributed by atoms with van der Waals surface area (Å²) in [5.74, 6) is 0.906. The van der Waals surface area contributed by atoms with Gasteiger partial charge in [0.15, 0.2) is 0 Å². The molecule has 0 aromatic heterocycles. The van der Waals surface area contributed by atoms with Crippen molar-refractivity contribution in [2.45, 2.75) is 33.6 Å². The summed E-state index contributed by atoms with van der Waals surface area (Å²) >= 11 is 0. The van der Waals surface area contributed by atoms with Crippen LogP contribution in [0.2, 0.25) is 0 Å². The van der Waals surface area contributed by atoms with Gasteiger partial charge in [0.05, 0.1) is 6.61 Å². The molecule has 0 atom stereocenters. The molecule has 2 aromatic rings. The third kappa shape index (κ3) is 8.66. The summed E-state index contributed by atoms with van der Waals surface area (Å²) in [6, 6.07) is 16.8. The first-order chi connectivity index (χ1) is 14.1. The van der Waals surface area contributed by atoms with E-state index >= 15 is 0 Å². The molecular weight excluding hydrogens is 352 g/mol. The van der Waals surface area contributed by atoms with Crippen molar-refractivity contribution in [2.24, 2.45) is 0 Å². The van der Waals surface area contributed by atoms with Crippen molar-refractivity contribution in [3.8, 4) is 5.75 Å². The third-order valence-corrected chi connectivity index (χ3v) is 4.41. The highest BCUT2D eigenvalue weighted by Crippen LogP contribution is 2.14. The fraction of sp³-hybridized carbons (Fsp3) is 0.214. The lowest BCUT2D eigenvalue weighted by Crippen LogP contribution is -1.90. The van der Waals surface area contributed by atoms with Crippen LogP contribution in [0.1, 0.15) is 43.9 Å². The molecular formula is C28H32O. The van der Waals surface area contributed by atoms with Crippen molar-refractivity contribution in [2.75, 3.05) is 6.61 Å². The van der Waals surface area contributed by atoms with Crippen LogP contribution in [0.3, 0.4) is 0 Å². The number of ether oxygens (including phenoxy) is 1. The Labute approximate surface area is 176 Å². The van der Waals surface area contributed by atoms with Gasteiger partial charge < -0.3 is 4.74 Å². The number of hydrogen-bond donors (Lipinski definition) is 0. The van der Waals surface area contributed by atoms with E-state index in [1.165, 1.54) is 23.1 Å². The van der Waals surface area contributed by atoms with Crippen LogP contribution in [-0.2, 0) is 6.42 Å². The van der Waals surface area contributed by atoms with E-state index in [2.05, 4.69) is 81.1 Å². The molecule has 0 aliphatic carbocycles. The molecule has 0 bridgehead atoms. The van der Waals surface area contributed by atoms with Gasteiger partial charge in [-0.1, -0.05) is 104 Å². The zero-order valence-electron chi connectivity index (χ0n) is 17.9. The van der Waals surface area contributed by atoms with Gasteiger partial charge in [-0.15, -0.1) is 0 Å². The monoisotopic (exact) mass is 384 g/mol. The molecule has 0 saturated heterocycles. The second kappa shape index (κ2) is 12.4. The summed E-state index contributed by atoms with van der Waals surface area (Å²) in [6.45, 7) is 11.1. The number of rotatable bonds is 10. The Morgan fingerprint density at radius 3 is 2.10 bits per heavy atom. The zero-order valence-corrected chi connectivity index (χ0v) is 17.9. The van der Waals surface area contributed by atoms with Crippen molar-refractivity contribution in [3.63, 3.8) is 0 Å². The van der Waals surface area contributed by atoms with Crippen LogP contribution in [0.4, 0.5) is 0 Å². The predicted molar refractivity (Wildman–Crippen MR) is 128 cm³/mol. The first kappa shape index (κ1) is 22.2. The van der Waals surface area contributed by atoms with Gasteiger partial charge >= 0.3 is 0 Å². The zero-order chi connectivity index (χ0) is 20.9. The standard InChI is InChI=1S/C28H32O/c1-5-8-25-15-17-26(18-16-25)13-11-23(3)9-7-10-24(4)12-14-27-19-21-28(22-20-27)29-6-2/h7,9-22H,3,5-6,8H2,1-2,4H3/b9-7-,13-11+,14-12+,24-10+. The summed E-state index contributed by atoms with van der Waals surface area (Å²) in [6.07, 6.45) is 16.8. The highest BCUT2D eigenvalue weighted by atomic mass is 16.5. The molecule has 0 radical (unpaired) electrons. The smallest absolute Gasteiger partial charge is 0.119 e. The lowest BCUT2D eigenvalue weighted by Gasteiger charge is -2.02. The summed E-state index contributed by atoms with van der Waals surface area (Å²) in [5.41, 5.74) is 5.90. The van der Waals surface area contributed by atoms with E-state index in [-0.39, 0.29) is 0 Å². The van der Waals surface area contributed by atoms with E-state index in [4.69, 9.17) is 4.74 Å².